The molecule has 1 amide bonds. The first-order valence-corrected chi connectivity index (χ1v) is 10.1. The second-order valence-corrected chi connectivity index (χ2v) is 7.39. The Balaban J connectivity index is 1.27. The molecule has 142 valence electrons. The summed E-state index contributed by atoms with van der Waals surface area (Å²) in [6.45, 7) is 0. The molecule has 0 spiro atoms. The van der Waals surface area contributed by atoms with Crippen LogP contribution in [-0.2, 0) is 4.79 Å². The first kappa shape index (κ1) is 17.5. The van der Waals surface area contributed by atoms with Crippen molar-refractivity contribution in [1.82, 2.24) is 15.0 Å². The molecule has 0 aliphatic heterocycles. The van der Waals surface area contributed by atoms with Crippen LogP contribution >= 0.6 is 11.8 Å². The highest BCUT2D eigenvalue weighted by atomic mass is 32.2. The predicted octanol–water partition coefficient (Wildman–Crippen LogP) is 5.10. The molecule has 7 heteroatoms. The molecular formula is C22H16N4O2S. The molecular weight excluding hydrogens is 384 g/mol. The van der Waals surface area contributed by atoms with Gasteiger partial charge in [-0.2, -0.15) is 0 Å². The molecule has 0 aliphatic rings. The van der Waals surface area contributed by atoms with Crippen LogP contribution in [0.4, 0.5) is 5.69 Å². The Morgan fingerprint density at radius 1 is 0.966 bits per heavy atom. The van der Waals surface area contributed by atoms with Crippen LogP contribution in [-0.4, -0.2) is 26.6 Å². The van der Waals surface area contributed by atoms with Crippen molar-refractivity contribution in [3.05, 3.63) is 72.8 Å². The van der Waals surface area contributed by atoms with Crippen molar-refractivity contribution in [1.29, 1.82) is 0 Å². The Morgan fingerprint density at radius 3 is 2.66 bits per heavy atom. The number of fused-ring (bicyclic) bond motifs is 2. The van der Waals surface area contributed by atoms with Crippen LogP contribution in [0.1, 0.15) is 0 Å². The van der Waals surface area contributed by atoms with E-state index in [0.29, 0.717) is 16.5 Å². The van der Waals surface area contributed by atoms with Gasteiger partial charge < -0.3 is 14.7 Å². The zero-order valence-corrected chi connectivity index (χ0v) is 16.1. The van der Waals surface area contributed by atoms with Crippen LogP contribution in [0.3, 0.4) is 0 Å². The van der Waals surface area contributed by atoms with Crippen LogP contribution in [0.5, 0.6) is 0 Å². The van der Waals surface area contributed by atoms with Gasteiger partial charge in [-0.15, -0.1) is 0 Å². The highest BCUT2D eigenvalue weighted by molar-refractivity contribution is 7.99. The lowest BCUT2D eigenvalue weighted by atomic mass is 10.2. The molecule has 29 heavy (non-hydrogen) atoms. The number of aromatic amines is 1. The number of oxazole rings is 1. The fourth-order valence-corrected chi connectivity index (χ4v) is 3.71. The minimum absolute atomic E-state index is 0.126. The molecule has 0 radical (unpaired) electrons. The molecule has 5 aromatic rings. The number of carbonyl (C=O) groups excluding carboxylic acids is 1. The van der Waals surface area contributed by atoms with E-state index in [1.165, 1.54) is 11.8 Å². The quantitative estimate of drug-likeness (QED) is 0.401. The van der Waals surface area contributed by atoms with Gasteiger partial charge in [-0.05, 0) is 36.4 Å². The largest absolute Gasteiger partial charge is 0.431 e. The summed E-state index contributed by atoms with van der Waals surface area (Å²) in [7, 11) is 0. The van der Waals surface area contributed by atoms with Crippen LogP contribution in [0.2, 0.25) is 0 Å². The second-order valence-electron chi connectivity index (χ2n) is 6.47. The molecule has 0 saturated heterocycles. The average Bonchev–Trinajstić information content (AvgIpc) is 3.36. The first-order valence-electron chi connectivity index (χ1n) is 9.08. The van der Waals surface area contributed by atoms with E-state index in [-0.39, 0.29) is 11.7 Å². The summed E-state index contributed by atoms with van der Waals surface area (Å²) < 4.78 is 5.63. The van der Waals surface area contributed by atoms with Crippen molar-refractivity contribution in [2.75, 3.05) is 11.1 Å². The molecule has 0 aliphatic carbocycles. The van der Waals surface area contributed by atoms with Crippen molar-refractivity contribution in [2.24, 2.45) is 0 Å². The van der Waals surface area contributed by atoms with Gasteiger partial charge in [0.25, 0.3) is 5.22 Å². The summed E-state index contributed by atoms with van der Waals surface area (Å²) in [4.78, 5) is 24.6. The standard InChI is InChI=1S/C22H16N4O2S/c27-20(13-29-22-26-18-10-3-4-11-19(18)28-22)23-15-7-5-6-14(12-15)21-24-16-8-1-2-9-17(16)25-21/h1-12H,13H2,(H,23,27)(H,24,25). The summed E-state index contributed by atoms with van der Waals surface area (Å²) >= 11 is 1.27. The Morgan fingerprint density at radius 2 is 1.79 bits per heavy atom. The SMILES string of the molecule is O=C(CSc1nc2ccccc2o1)Nc1cccc(-c2nc3ccccc3[nH]2)c1. The Kier molecular flexibility index (Phi) is 4.50. The molecule has 0 unspecified atom stereocenters. The van der Waals surface area contributed by atoms with E-state index >= 15 is 0 Å². The van der Waals surface area contributed by atoms with Crippen LogP contribution in [0.25, 0.3) is 33.5 Å². The van der Waals surface area contributed by atoms with Crippen LogP contribution in [0.15, 0.2) is 82.4 Å². The lowest BCUT2D eigenvalue weighted by Crippen LogP contribution is -2.14. The van der Waals surface area contributed by atoms with Crippen LogP contribution in [0, 0.1) is 0 Å². The summed E-state index contributed by atoms with van der Waals surface area (Å²) in [6, 6.07) is 23.0. The molecule has 2 heterocycles. The number of aromatic nitrogens is 3. The number of rotatable bonds is 5. The Labute approximate surface area is 170 Å². The van der Waals surface area contributed by atoms with Gasteiger partial charge in [-0.1, -0.05) is 48.2 Å². The monoisotopic (exact) mass is 400 g/mol. The summed E-state index contributed by atoms with van der Waals surface area (Å²) in [5, 5.41) is 3.40. The van der Waals surface area contributed by atoms with Gasteiger partial charge in [0, 0.05) is 11.3 Å². The Hall–Kier alpha value is -3.58. The predicted molar refractivity (Wildman–Crippen MR) is 115 cm³/mol. The highest BCUT2D eigenvalue weighted by Gasteiger charge is 2.11. The Bertz CT molecular complexity index is 1260. The van der Waals surface area contributed by atoms with Gasteiger partial charge in [-0.25, -0.2) is 9.97 Å². The third kappa shape index (κ3) is 3.72. The van der Waals surface area contributed by atoms with E-state index in [1.807, 2.05) is 72.8 Å². The molecule has 0 saturated carbocycles. The number of amides is 1. The molecule has 0 bridgehead atoms. The lowest BCUT2D eigenvalue weighted by Gasteiger charge is -2.05. The smallest absolute Gasteiger partial charge is 0.257 e. The topological polar surface area (TPSA) is 83.8 Å². The molecule has 0 fully saturated rings. The van der Waals surface area contributed by atoms with Crippen molar-refractivity contribution >= 4 is 45.5 Å². The maximum atomic E-state index is 12.4. The van der Waals surface area contributed by atoms with Crippen molar-refractivity contribution in [2.45, 2.75) is 5.22 Å². The van der Waals surface area contributed by atoms with Crippen molar-refractivity contribution in [3.63, 3.8) is 0 Å². The summed E-state index contributed by atoms with van der Waals surface area (Å²) in [6.07, 6.45) is 0. The number of para-hydroxylation sites is 4. The van der Waals surface area contributed by atoms with Gasteiger partial charge in [0.05, 0.1) is 16.8 Å². The number of carbonyl (C=O) groups is 1. The molecule has 5 rings (SSSR count). The van der Waals surface area contributed by atoms with E-state index in [9.17, 15) is 4.79 Å². The zero-order chi connectivity index (χ0) is 19.6. The minimum Gasteiger partial charge on any atom is -0.431 e. The molecule has 0 atom stereocenters. The molecule has 3 aromatic carbocycles. The van der Waals surface area contributed by atoms with Gasteiger partial charge in [-0.3, -0.25) is 4.79 Å². The number of H-pyrrole nitrogens is 1. The van der Waals surface area contributed by atoms with Crippen molar-refractivity contribution in [3.8, 4) is 11.4 Å². The maximum Gasteiger partial charge on any atom is 0.257 e. The summed E-state index contributed by atoms with van der Waals surface area (Å²) in [5.41, 5.74) is 5.01. The van der Waals surface area contributed by atoms with E-state index in [0.717, 1.165) is 27.9 Å². The fraction of sp³-hybridized carbons (Fsp3) is 0.0455. The van der Waals surface area contributed by atoms with Crippen molar-refractivity contribution < 1.29 is 9.21 Å². The zero-order valence-electron chi connectivity index (χ0n) is 15.3. The normalized spacial score (nSPS) is 11.2. The van der Waals surface area contributed by atoms with E-state index in [2.05, 4.69) is 20.3 Å². The summed E-state index contributed by atoms with van der Waals surface area (Å²) in [5.74, 6) is 0.851. The maximum absolute atomic E-state index is 12.4. The number of hydrogen-bond donors (Lipinski definition) is 2. The van der Waals surface area contributed by atoms with Gasteiger partial charge >= 0.3 is 0 Å². The number of nitrogens with zero attached hydrogens (tertiary/aromatic N) is 2. The van der Waals surface area contributed by atoms with Gasteiger partial charge in [0.1, 0.15) is 11.3 Å². The number of anilines is 1. The fourth-order valence-electron chi connectivity index (χ4n) is 3.07. The number of hydrogen-bond acceptors (Lipinski definition) is 5. The van der Waals surface area contributed by atoms with Gasteiger partial charge in [0.15, 0.2) is 5.58 Å². The first-order chi connectivity index (χ1) is 14.2. The minimum atomic E-state index is -0.126. The molecule has 6 nitrogen and oxygen atoms in total. The van der Waals surface area contributed by atoms with E-state index in [4.69, 9.17) is 4.42 Å². The third-order valence-corrected chi connectivity index (χ3v) is 5.24. The van der Waals surface area contributed by atoms with Gasteiger partial charge in [0.2, 0.25) is 5.91 Å². The number of thioether (sulfide) groups is 1. The second kappa shape index (κ2) is 7.44. The average molecular weight is 400 g/mol. The highest BCUT2D eigenvalue weighted by Crippen LogP contribution is 2.25. The third-order valence-electron chi connectivity index (χ3n) is 4.41. The van der Waals surface area contributed by atoms with E-state index in [1.54, 1.807) is 0 Å². The molecule has 2 N–H and O–H groups in total. The molecule has 2 aromatic heterocycles. The number of nitrogens with one attached hydrogen (secondary N) is 2. The lowest BCUT2D eigenvalue weighted by molar-refractivity contribution is -0.113. The van der Waals surface area contributed by atoms with Crippen LogP contribution < -0.4 is 5.32 Å². The number of imidazole rings is 1. The number of benzene rings is 3. The van der Waals surface area contributed by atoms with E-state index < -0.39 is 0 Å².